The fourth-order valence-corrected chi connectivity index (χ4v) is 7.18. The van der Waals surface area contributed by atoms with Gasteiger partial charge in [-0.25, -0.2) is 4.79 Å². The zero-order valence-corrected chi connectivity index (χ0v) is 34.8. The third-order valence-electron chi connectivity index (χ3n) is 10.4. The summed E-state index contributed by atoms with van der Waals surface area (Å²) in [4.78, 5) is 26.1. The van der Waals surface area contributed by atoms with Crippen LogP contribution in [0, 0.1) is 0 Å². The second-order valence-electron chi connectivity index (χ2n) is 14.9. The highest BCUT2D eigenvalue weighted by Crippen LogP contribution is 2.33. The third-order valence-corrected chi connectivity index (χ3v) is 10.4. The SMILES string of the molecule is C.CCOC(=O)[C@H](Cc1ccc(O[C@H]2O[C@H](COCc3ccccc3)[C@@H](OCc3ccccc3)[C@H](OCc3ccccc3)[C@H]2OCc2ccccc2)cc1)NC(=O)c1ccccc1. The van der Waals surface area contributed by atoms with E-state index in [0.29, 0.717) is 31.1 Å². The molecule has 1 aliphatic rings. The van der Waals surface area contributed by atoms with Crippen LogP contribution in [-0.4, -0.2) is 61.8 Å². The van der Waals surface area contributed by atoms with Gasteiger partial charge in [-0.1, -0.05) is 159 Å². The Morgan fingerprint density at radius 3 is 1.52 bits per heavy atom. The fraction of sp³-hybridized carbons (Fsp3) is 0.283. The standard InChI is InChI=1S/C52H53NO9.CH4/c1-2-57-51(55)45(53-50(54)43-26-16-7-17-27-43)32-38-28-30-44(31-29-38)61-52-49(60-36-42-24-14-6-15-25-42)48(59-35-41-22-12-5-13-23-41)47(58-34-40-20-10-4-11-21-40)46(62-52)37-56-33-39-18-8-3-9-19-39;/h3-31,45-49,52H,2,32-37H2,1H3,(H,53,54);1H4/t45-,46+,47+,48-,49+,52-;/m0./s1. The van der Waals surface area contributed by atoms with Crippen LogP contribution in [0.4, 0.5) is 0 Å². The molecule has 6 aromatic carbocycles. The van der Waals surface area contributed by atoms with Crippen molar-refractivity contribution in [3.05, 3.63) is 209 Å². The maximum atomic E-state index is 13.1. The lowest BCUT2D eigenvalue weighted by atomic mass is 9.97. The Kier molecular flexibility index (Phi) is 18.0. The Balaban J connectivity index is 0.00000661. The second kappa shape index (κ2) is 24.5. The zero-order chi connectivity index (χ0) is 42.8. The summed E-state index contributed by atoms with van der Waals surface area (Å²) in [5.41, 5.74) is 5.24. The van der Waals surface area contributed by atoms with Crippen molar-refractivity contribution in [3.63, 3.8) is 0 Å². The first-order valence-electron chi connectivity index (χ1n) is 21.0. The average Bonchev–Trinajstić information content (AvgIpc) is 3.32. The molecule has 0 saturated carbocycles. The Labute approximate surface area is 371 Å². The molecule has 1 fully saturated rings. The first-order valence-corrected chi connectivity index (χ1v) is 21.0. The summed E-state index contributed by atoms with van der Waals surface area (Å²) in [5, 5.41) is 2.85. The van der Waals surface area contributed by atoms with Gasteiger partial charge in [-0.05, 0) is 59.0 Å². The molecule has 6 atom stereocenters. The van der Waals surface area contributed by atoms with E-state index in [9.17, 15) is 9.59 Å². The molecule has 1 saturated heterocycles. The van der Waals surface area contributed by atoms with Gasteiger partial charge in [0.1, 0.15) is 36.2 Å². The number of esters is 1. The Morgan fingerprint density at radius 2 is 1.02 bits per heavy atom. The molecular formula is C53H57NO9. The summed E-state index contributed by atoms with van der Waals surface area (Å²) in [6.07, 6.45) is -3.41. The van der Waals surface area contributed by atoms with E-state index in [2.05, 4.69) is 5.32 Å². The highest BCUT2D eigenvalue weighted by molar-refractivity contribution is 5.96. The van der Waals surface area contributed by atoms with Crippen molar-refractivity contribution in [2.75, 3.05) is 13.2 Å². The molecule has 0 radical (unpaired) electrons. The summed E-state index contributed by atoms with van der Waals surface area (Å²) < 4.78 is 45.7. The molecule has 6 aromatic rings. The van der Waals surface area contributed by atoms with Crippen molar-refractivity contribution in [3.8, 4) is 5.75 Å². The van der Waals surface area contributed by atoms with Gasteiger partial charge in [0.15, 0.2) is 0 Å². The lowest BCUT2D eigenvalue weighted by molar-refractivity contribution is -0.310. The molecule has 1 N–H and O–H groups in total. The van der Waals surface area contributed by atoms with E-state index < -0.39 is 42.7 Å². The molecule has 0 aromatic heterocycles. The van der Waals surface area contributed by atoms with E-state index in [1.165, 1.54) is 0 Å². The number of carbonyl (C=O) groups is 2. The number of benzene rings is 6. The Hall–Kier alpha value is -6.14. The van der Waals surface area contributed by atoms with Crippen LogP contribution in [0.2, 0.25) is 0 Å². The molecule has 1 heterocycles. The van der Waals surface area contributed by atoms with Crippen LogP contribution in [0.15, 0.2) is 176 Å². The van der Waals surface area contributed by atoms with Gasteiger partial charge in [0, 0.05) is 12.0 Å². The molecule has 0 aliphatic carbocycles. The molecule has 0 spiro atoms. The van der Waals surface area contributed by atoms with Gasteiger partial charge in [0.2, 0.25) is 6.29 Å². The van der Waals surface area contributed by atoms with Crippen molar-refractivity contribution in [2.45, 2.75) is 83.9 Å². The summed E-state index contributed by atoms with van der Waals surface area (Å²) in [7, 11) is 0. The zero-order valence-electron chi connectivity index (χ0n) is 34.8. The van der Waals surface area contributed by atoms with E-state index >= 15 is 0 Å². The van der Waals surface area contributed by atoms with E-state index in [1.807, 2.05) is 152 Å². The monoisotopic (exact) mass is 851 g/mol. The van der Waals surface area contributed by atoms with E-state index in [4.69, 9.17) is 33.2 Å². The second-order valence-corrected chi connectivity index (χ2v) is 14.9. The summed E-state index contributed by atoms with van der Waals surface area (Å²) in [5.74, 6) is -0.378. The van der Waals surface area contributed by atoms with Gasteiger partial charge in [-0.2, -0.15) is 0 Å². The van der Waals surface area contributed by atoms with Gasteiger partial charge in [0.05, 0.1) is 39.6 Å². The number of hydrogen-bond donors (Lipinski definition) is 1. The number of nitrogens with one attached hydrogen (secondary N) is 1. The van der Waals surface area contributed by atoms with Gasteiger partial charge in [-0.15, -0.1) is 0 Å². The fourth-order valence-electron chi connectivity index (χ4n) is 7.18. The molecule has 7 rings (SSSR count). The lowest BCUT2D eigenvalue weighted by Gasteiger charge is -2.45. The van der Waals surface area contributed by atoms with Crippen molar-refractivity contribution in [1.82, 2.24) is 5.32 Å². The van der Waals surface area contributed by atoms with Crippen molar-refractivity contribution < 1.29 is 42.7 Å². The van der Waals surface area contributed by atoms with Crippen molar-refractivity contribution in [2.24, 2.45) is 0 Å². The van der Waals surface area contributed by atoms with Gasteiger partial charge < -0.3 is 38.5 Å². The molecule has 328 valence electrons. The van der Waals surface area contributed by atoms with Crippen LogP contribution in [-0.2, 0) is 66.1 Å². The normalized spacial score (nSPS) is 18.7. The van der Waals surface area contributed by atoms with Crippen molar-refractivity contribution in [1.29, 1.82) is 0 Å². The molecule has 1 aliphatic heterocycles. The largest absolute Gasteiger partial charge is 0.464 e. The van der Waals surface area contributed by atoms with E-state index in [1.54, 1.807) is 31.2 Å². The van der Waals surface area contributed by atoms with Crippen LogP contribution in [0.1, 0.15) is 52.5 Å². The Morgan fingerprint density at radius 1 is 0.556 bits per heavy atom. The number of carbonyl (C=O) groups excluding carboxylic acids is 2. The van der Waals surface area contributed by atoms with Crippen LogP contribution >= 0.6 is 0 Å². The topological polar surface area (TPSA) is 111 Å². The first-order chi connectivity index (χ1) is 30.5. The predicted octanol–water partition coefficient (Wildman–Crippen LogP) is 9.30. The Bertz CT molecular complexity index is 2210. The highest BCUT2D eigenvalue weighted by atomic mass is 16.7. The molecule has 0 bridgehead atoms. The van der Waals surface area contributed by atoms with Gasteiger partial charge >= 0.3 is 5.97 Å². The minimum absolute atomic E-state index is 0. The predicted molar refractivity (Wildman–Crippen MR) is 242 cm³/mol. The van der Waals surface area contributed by atoms with Crippen LogP contribution in [0.3, 0.4) is 0 Å². The average molecular weight is 852 g/mol. The van der Waals surface area contributed by atoms with E-state index in [-0.39, 0.29) is 39.6 Å². The summed E-state index contributed by atoms with van der Waals surface area (Å²) >= 11 is 0. The summed E-state index contributed by atoms with van der Waals surface area (Å²) in [6, 6.07) is 55.1. The molecule has 10 heteroatoms. The van der Waals surface area contributed by atoms with Crippen LogP contribution in [0.5, 0.6) is 5.75 Å². The number of amides is 1. The third kappa shape index (κ3) is 13.9. The van der Waals surface area contributed by atoms with Crippen LogP contribution in [0.25, 0.3) is 0 Å². The maximum Gasteiger partial charge on any atom is 0.328 e. The molecule has 1 amide bonds. The minimum Gasteiger partial charge on any atom is -0.464 e. The van der Waals surface area contributed by atoms with Gasteiger partial charge in [0.25, 0.3) is 5.91 Å². The summed E-state index contributed by atoms with van der Waals surface area (Å²) in [6.45, 7) is 3.36. The quantitative estimate of drug-likeness (QED) is 0.0709. The minimum atomic E-state index is -0.954. The number of hydrogen-bond acceptors (Lipinski definition) is 9. The number of rotatable bonds is 21. The molecule has 63 heavy (non-hydrogen) atoms. The van der Waals surface area contributed by atoms with Crippen LogP contribution < -0.4 is 10.1 Å². The smallest absolute Gasteiger partial charge is 0.328 e. The first kappa shape index (κ1) is 46.4. The molecule has 0 unspecified atom stereocenters. The molecule has 10 nitrogen and oxygen atoms in total. The lowest BCUT2D eigenvalue weighted by Crippen LogP contribution is -2.62. The number of ether oxygens (including phenoxy) is 7. The van der Waals surface area contributed by atoms with Crippen molar-refractivity contribution >= 4 is 11.9 Å². The highest BCUT2D eigenvalue weighted by Gasteiger charge is 2.50. The molecular weight excluding hydrogens is 795 g/mol. The van der Waals surface area contributed by atoms with E-state index in [0.717, 1.165) is 27.8 Å². The van der Waals surface area contributed by atoms with Gasteiger partial charge in [-0.3, -0.25) is 4.79 Å². The maximum absolute atomic E-state index is 13.1.